The lowest BCUT2D eigenvalue weighted by molar-refractivity contribution is -0.137. The van der Waals surface area contributed by atoms with E-state index in [1.54, 1.807) is 0 Å². The van der Waals surface area contributed by atoms with Crippen LogP contribution in [0.15, 0.2) is 53.5 Å². The zero-order valence-electron chi connectivity index (χ0n) is 17.4. The molecule has 0 aromatic heterocycles. The van der Waals surface area contributed by atoms with Gasteiger partial charge in [0.15, 0.2) is 5.96 Å². The number of nitrogens with zero attached hydrogens (tertiary/aromatic N) is 2. The summed E-state index contributed by atoms with van der Waals surface area (Å²) >= 11 is 0. The van der Waals surface area contributed by atoms with Gasteiger partial charge in [-0.05, 0) is 42.3 Å². The summed E-state index contributed by atoms with van der Waals surface area (Å²) < 4.78 is 43.4. The highest BCUT2D eigenvalue weighted by Crippen LogP contribution is 2.29. The van der Waals surface area contributed by atoms with E-state index in [1.807, 2.05) is 6.92 Å². The first-order valence-electron chi connectivity index (χ1n) is 10.1. The first-order chi connectivity index (χ1) is 14.5. The van der Waals surface area contributed by atoms with Crippen LogP contribution in [0.5, 0.6) is 0 Å². The predicted octanol–water partition coefficient (Wildman–Crippen LogP) is 4.42. The highest BCUT2D eigenvalue weighted by molar-refractivity contribution is 14.0. The maximum Gasteiger partial charge on any atom is 0.416 e. The number of halogens is 4. The van der Waals surface area contributed by atoms with Gasteiger partial charge in [0.2, 0.25) is 0 Å². The van der Waals surface area contributed by atoms with Crippen molar-refractivity contribution in [2.45, 2.75) is 26.2 Å². The van der Waals surface area contributed by atoms with Crippen LogP contribution in [0.4, 0.5) is 18.9 Å². The summed E-state index contributed by atoms with van der Waals surface area (Å²) in [5.74, 6) is 0.620. The number of hydrogen-bond acceptors (Lipinski definition) is 3. The molecule has 0 unspecified atom stereocenters. The summed E-state index contributed by atoms with van der Waals surface area (Å²) in [4.78, 5) is 6.88. The van der Waals surface area contributed by atoms with Gasteiger partial charge in [-0.1, -0.05) is 24.3 Å². The Morgan fingerprint density at radius 1 is 0.968 bits per heavy atom. The number of aliphatic imine (C=N–C) groups is 1. The number of hydrogen-bond donors (Lipinski definition) is 2. The molecule has 5 nitrogen and oxygen atoms in total. The summed E-state index contributed by atoms with van der Waals surface area (Å²) in [6, 6.07) is 13.5. The first-order valence-corrected chi connectivity index (χ1v) is 10.1. The molecule has 31 heavy (non-hydrogen) atoms. The number of ether oxygens (including phenoxy) is 1. The molecule has 0 amide bonds. The first kappa shape index (κ1) is 25.3. The molecular formula is C22H28F3IN4O. The minimum Gasteiger partial charge on any atom is -0.378 e. The van der Waals surface area contributed by atoms with Crippen LogP contribution in [-0.4, -0.2) is 38.8 Å². The number of benzene rings is 2. The van der Waals surface area contributed by atoms with Crippen LogP contribution in [0.1, 0.15) is 23.6 Å². The Bertz CT molecular complexity index is 820. The average molecular weight is 548 g/mol. The molecule has 0 atom stereocenters. The Kier molecular flexibility index (Phi) is 9.89. The molecule has 2 aromatic rings. The molecule has 0 aliphatic carbocycles. The topological polar surface area (TPSA) is 48.9 Å². The monoisotopic (exact) mass is 548 g/mol. The molecule has 2 aromatic carbocycles. The largest absolute Gasteiger partial charge is 0.416 e. The summed E-state index contributed by atoms with van der Waals surface area (Å²) in [7, 11) is 0. The van der Waals surface area contributed by atoms with E-state index in [4.69, 9.17) is 4.74 Å². The average Bonchev–Trinajstić information content (AvgIpc) is 2.76. The molecule has 0 radical (unpaired) electrons. The molecule has 1 saturated heterocycles. The number of rotatable bonds is 6. The van der Waals surface area contributed by atoms with Crippen molar-refractivity contribution in [1.82, 2.24) is 10.6 Å². The van der Waals surface area contributed by atoms with Crippen molar-refractivity contribution in [2.24, 2.45) is 4.99 Å². The molecule has 0 bridgehead atoms. The van der Waals surface area contributed by atoms with Crippen molar-refractivity contribution in [2.75, 3.05) is 37.7 Å². The molecule has 170 valence electrons. The van der Waals surface area contributed by atoms with Crippen molar-refractivity contribution in [3.63, 3.8) is 0 Å². The lowest BCUT2D eigenvalue weighted by Gasteiger charge is -2.28. The van der Waals surface area contributed by atoms with Gasteiger partial charge < -0.3 is 20.3 Å². The van der Waals surface area contributed by atoms with Crippen molar-refractivity contribution < 1.29 is 17.9 Å². The van der Waals surface area contributed by atoms with Gasteiger partial charge in [0.1, 0.15) is 0 Å². The van der Waals surface area contributed by atoms with Crippen LogP contribution in [0.2, 0.25) is 0 Å². The van der Waals surface area contributed by atoms with Gasteiger partial charge in [0.25, 0.3) is 0 Å². The van der Waals surface area contributed by atoms with Crippen molar-refractivity contribution in [1.29, 1.82) is 0 Å². The fourth-order valence-corrected chi connectivity index (χ4v) is 3.14. The maximum absolute atomic E-state index is 12.7. The van der Waals surface area contributed by atoms with Gasteiger partial charge in [0, 0.05) is 31.9 Å². The fourth-order valence-electron chi connectivity index (χ4n) is 3.14. The van der Waals surface area contributed by atoms with E-state index in [2.05, 4.69) is 44.8 Å². The Balaban J connectivity index is 0.00000341. The van der Waals surface area contributed by atoms with Gasteiger partial charge in [0.05, 0.1) is 25.3 Å². The zero-order chi connectivity index (χ0) is 21.4. The van der Waals surface area contributed by atoms with E-state index in [1.165, 1.54) is 17.8 Å². The number of alkyl halides is 3. The fraction of sp³-hybridized carbons (Fsp3) is 0.409. The van der Waals surface area contributed by atoms with Crippen LogP contribution in [-0.2, 0) is 24.0 Å². The lowest BCUT2D eigenvalue weighted by Crippen LogP contribution is -2.36. The Morgan fingerprint density at radius 3 is 2.16 bits per heavy atom. The molecule has 2 N–H and O–H groups in total. The zero-order valence-corrected chi connectivity index (χ0v) is 19.7. The maximum atomic E-state index is 12.7. The lowest BCUT2D eigenvalue weighted by atomic mass is 10.1. The van der Waals surface area contributed by atoms with Crippen LogP contribution in [0.3, 0.4) is 0 Å². The molecule has 1 heterocycles. The number of morpholine rings is 1. The van der Waals surface area contributed by atoms with E-state index in [-0.39, 0.29) is 24.0 Å². The third-order valence-electron chi connectivity index (χ3n) is 4.82. The Morgan fingerprint density at radius 2 is 1.58 bits per heavy atom. The van der Waals surface area contributed by atoms with E-state index in [0.717, 1.165) is 49.6 Å². The molecule has 1 aliphatic heterocycles. The van der Waals surface area contributed by atoms with Gasteiger partial charge in [-0.25, -0.2) is 4.99 Å². The second kappa shape index (κ2) is 12.1. The minimum absolute atomic E-state index is 0. The van der Waals surface area contributed by atoms with E-state index >= 15 is 0 Å². The molecule has 0 saturated carbocycles. The van der Waals surface area contributed by atoms with Gasteiger partial charge >= 0.3 is 6.18 Å². The van der Waals surface area contributed by atoms with E-state index in [0.29, 0.717) is 25.6 Å². The molecule has 1 aliphatic rings. The van der Waals surface area contributed by atoms with Gasteiger partial charge in [-0.15, -0.1) is 24.0 Å². The van der Waals surface area contributed by atoms with Gasteiger partial charge in [-0.3, -0.25) is 0 Å². The van der Waals surface area contributed by atoms with Crippen LogP contribution < -0.4 is 15.5 Å². The minimum atomic E-state index is -4.32. The standard InChI is InChI=1S/C22H27F3N4O.HI/c1-2-26-21(27-15-17-3-7-19(8-4-17)22(23,24)25)28-16-18-5-9-20(10-6-18)29-11-13-30-14-12-29;/h3-10H,2,11-16H2,1H3,(H2,26,27,28);1H. The number of nitrogens with one attached hydrogen (secondary N) is 2. The highest BCUT2D eigenvalue weighted by atomic mass is 127. The molecule has 1 fully saturated rings. The SMILES string of the molecule is CCNC(=NCc1ccc(N2CCOCC2)cc1)NCc1ccc(C(F)(F)F)cc1.I. The van der Waals surface area contributed by atoms with Crippen LogP contribution >= 0.6 is 24.0 Å². The quantitative estimate of drug-likeness (QED) is 0.319. The number of anilines is 1. The third kappa shape index (κ3) is 7.88. The summed E-state index contributed by atoms with van der Waals surface area (Å²) in [6.07, 6.45) is -4.32. The highest BCUT2D eigenvalue weighted by Gasteiger charge is 2.29. The second-order valence-electron chi connectivity index (χ2n) is 7.01. The van der Waals surface area contributed by atoms with Crippen LogP contribution in [0, 0.1) is 0 Å². The molecule has 9 heteroatoms. The Hall–Kier alpha value is -2.01. The van der Waals surface area contributed by atoms with Gasteiger partial charge in [-0.2, -0.15) is 13.2 Å². The van der Waals surface area contributed by atoms with Crippen molar-refractivity contribution in [3.05, 3.63) is 65.2 Å². The second-order valence-corrected chi connectivity index (χ2v) is 7.01. The molecule has 0 spiro atoms. The van der Waals surface area contributed by atoms with Crippen molar-refractivity contribution in [3.8, 4) is 0 Å². The smallest absolute Gasteiger partial charge is 0.378 e. The predicted molar refractivity (Wildman–Crippen MR) is 128 cm³/mol. The van der Waals surface area contributed by atoms with E-state index < -0.39 is 11.7 Å². The summed E-state index contributed by atoms with van der Waals surface area (Å²) in [6.45, 7) is 6.85. The molecule has 3 rings (SSSR count). The van der Waals surface area contributed by atoms with Crippen LogP contribution in [0.25, 0.3) is 0 Å². The number of guanidine groups is 1. The normalized spacial score (nSPS) is 14.7. The van der Waals surface area contributed by atoms with Crippen molar-refractivity contribution >= 4 is 35.6 Å². The van der Waals surface area contributed by atoms with E-state index in [9.17, 15) is 13.2 Å². The summed E-state index contributed by atoms with van der Waals surface area (Å²) in [5.41, 5.74) is 2.37. The summed E-state index contributed by atoms with van der Waals surface area (Å²) in [5, 5.41) is 6.32. The third-order valence-corrected chi connectivity index (χ3v) is 4.82. The Labute approximate surface area is 198 Å². The molecular weight excluding hydrogens is 520 g/mol.